The van der Waals surface area contributed by atoms with Gasteiger partial charge in [-0.15, -0.1) is 0 Å². The molecule has 25 heavy (non-hydrogen) atoms. The first-order chi connectivity index (χ1) is 12.1. The molecule has 2 aliphatic heterocycles. The van der Waals surface area contributed by atoms with Gasteiger partial charge in [-0.2, -0.15) is 0 Å². The Morgan fingerprint density at radius 2 is 1.76 bits per heavy atom. The Bertz CT molecular complexity index is 722. The summed E-state index contributed by atoms with van der Waals surface area (Å²) in [6.45, 7) is 0. The van der Waals surface area contributed by atoms with Crippen molar-refractivity contribution < 1.29 is 9.50 Å². The first-order valence-electron chi connectivity index (χ1n) is 9.38. The van der Waals surface area contributed by atoms with Crippen molar-refractivity contribution in [3.63, 3.8) is 0 Å². The predicted molar refractivity (Wildman–Crippen MR) is 97.8 cm³/mol. The predicted octanol–water partition coefficient (Wildman–Crippen LogP) is 4.54. The van der Waals surface area contributed by atoms with E-state index < -0.39 is 6.10 Å². The summed E-state index contributed by atoms with van der Waals surface area (Å²) in [4.78, 5) is 0. The van der Waals surface area contributed by atoms with Crippen LogP contribution in [0.5, 0.6) is 0 Å². The zero-order valence-corrected chi connectivity index (χ0v) is 14.5. The zero-order valence-electron chi connectivity index (χ0n) is 14.5. The molecule has 2 N–H and O–H groups in total. The summed E-state index contributed by atoms with van der Waals surface area (Å²) in [6.07, 6.45) is 6.91. The molecule has 0 aromatic heterocycles. The molecule has 2 aromatic rings. The van der Waals surface area contributed by atoms with Crippen LogP contribution >= 0.6 is 0 Å². The monoisotopic (exact) mass is 339 g/mol. The normalized spacial score (nSPS) is 29.0. The molecule has 0 unspecified atom stereocenters. The van der Waals surface area contributed by atoms with E-state index in [1.807, 2.05) is 6.07 Å². The van der Waals surface area contributed by atoms with E-state index >= 15 is 0 Å². The Labute approximate surface area is 149 Å². The Morgan fingerprint density at radius 3 is 2.48 bits per heavy atom. The fourth-order valence-corrected chi connectivity index (χ4v) is 4.88. The van der Waals surface area contributed by atoms with E-state index in [1.54, 1.807) is 6.07 Å². The minimum atomic E-state index is -0.637. The molecule has 2 aliphatic rings. The number of hydrogen-bond donors (Lipinski definition) is 2. The highest BCUT2D eigenvalue weighted by atomic mass is 19.1. The highest BCUT2D eigenvalue weighted by Crippen LogP contribution is 2.52. The zero-order chi connectivity index (χ0) is 17.3. The van der Waals surface area contributed by atoms with Crippen LogP contribution in [0.3, 0.4) is 0 Å². The molecule has 2 bridgehead atoms. The van der Waals surface area contributed by atoms with Crippen LogP contribution in [0.1, 0.15) is 55.8 Å². The van der Waals surface area contributed by atoms with Gasteiger partial charge in [-0.05, 0) is 68.2 Å². The second-order valence-electron chi connectivity index (χ2n) is 7.86. The molecule has 1 atom stereocenters. The lowest BCUT2D eigenvalue weighted by atomic mass is 9.76. The number of fused-ring (bicyclic) bond motifs is 2. The third kappa shape index (κ3) is 3.23. The molecule has 2 heterocycles. The quantitative estimate of drug-likeness (QED) is 0.810. The van der Waals surface area contributed by atoms with Gasteiger partial charge in [-0.25, -0.2) is 4.39 Å². The maximum Gasteiger partial charge on any atom is 0.123 e. The smallest absolute Gasteiger partial charge is 0.123 e. The van der Waals surface area contributed by atoms with Crippen LogP contribution in [0.4, 0.5) is 4.39 Å². The van der Waals surface area contributed by atoms with Gasteiger partial charge < -0.3 is 10.4 Å². The van der Waals surface area contributed by atoms with Crippen molar-refractivity contribution in [1.82, 2.24) is 5.32 Å². The van der Waals surface area contributed by atoms with Crippen molar-refractivity contribution in [1.29, 1.82) is 0 Å². The third-order valence-electron chi connectivity index (χ3n) is 6.26. The van der Waals surface area contributed by atoms with Crippen LogP contribution in [0.2, 0.25) is 0 Å². The topological polar surface area (TPSA) is 32.3 Å². The molecule has 2 fully saturated rings. The minimum Gasteiger partial charge on any atom is -0.386 e. The summed E-state index contributed by atoms with van der Waals surface area (Å²) in [5.74, 6) is -0.280. The van der Waals surface area contributed by atoms with Crippen molar-refractivity contribution in [2.24, 2.45) is 0 Å². The van der Waals surface area contributed by atoms with Crippen molar-refractivity contribution >= 4 is 0 Å². The highest BCUT2D eigenvalue weighted by Gasteiger charge is 2.56. The Morgan fingerprint density at radius 1 is 1.00 bits per heavy atom. The largest absolute Gasteiger partial charge is 0.386 e. The highest BCUT2D eigenvalue weighted by molar-refractivity contribution is 5.27. The number of halogens is 1. The summed E-state index contributed by atoms with van der Waals surface area (Å²) >= 11 is 0. The minimum absolute atomic E-state index is 0.156. The first-order valence-corrected chi connectivity index (χ1v) is 9.38. The Kier molecular flexibility index (Phi) is 4.38. The van der Waals surface area contributed by atoms with Gasteiger partial charge >= 0.3 is 0 Å². The van der Waals surface area contributed by atoms with Gasteiger partial charge in [-0.1, -0.05) is 42.5 Å². The average Bonchev–Trinajstić information content (AvgIpc) is 3.19. The molecule has 4 rings (SSSR count). The Hall–Kier alpha value is -1.71. The van der Waals surface area contributed by atoms with Crippen molar-refractivity contribution in [3.05, 3.63) is 71.5 Å². The number of aryl methyl sites for hydroxylation is 1. The van der Waals surface area contributed by atoms with Gasteiger partial charge in [0.1, 0.15) is 5.82 Å². The maximum absolute atomic E-state index is 13.5. The van der Waals surface area contributed by atoms with Crippen molar-refractivity contribution in [2.45, 2.75) is 62.1 Å². The van der Waals surface area contributed by atoms with Gasteiger partial charge in [-0.3, -0.25) is 0 Å². The fourth-order valence-electron chi connectivity index (χ4n) is 4.88. The number of benzene rings is 2. The SMILES string of the molecule is O[C@@H](c1cccc(F)c1)C12CCC(CCCc3ccccc3)(CC1)N2. The molecular formula is C22H26FNO. The van der Waals surface area contributed by atoms with E-state index in [2.05, 4.69) is 35.6 Å². The summed E-state index contributed by atoms with van der Waals surface area (Å²) < 4.78 is 13.5. The molecule has 2 nitrogen and oxygen atoms in total. The molecular weight excluding hydrogens is 313 g/mol. The van der Waals surface area contributed by atoms with Crippen LogP contribution in [-0.4, -0.2) is 16.2 Å². The first kappa shape index (κ1) is 16.7. The van der Waals surface area contributed by atoms with Gasteiger partial charge in [0.05, 0.1) is 6.10 Å². The van der Waals surface area contributed by atoms with Gasteiger partial charge in [0, 0.05) is 11.1 Å². The van der Waals surface area contributed by atoms with Gasteiger partial charge in [0.2, 0.25) is 0 Å². The van der Waals surface area contributed by atoms with E-state index in [4.69, 9.17) is 0 Å². The van der Waals surface area contributed by atoms with Crippen LogP contribution in [0, 0.1) is 5.82 Å². The molecule has 2 saturated heterocycles. The number of nitrogens with one attached hydrogen (secondary N) is 1. The second kappa shape index (κ2) is 6.54. The maximum atomic E-state index is 13.5. The molecule has 0 radical (unpaired) electrons. The summed E-state index contributed by atoms with van der Waals surface area (Å²) in [6, 6.07) is 17.0. The molecule has 2 aromatic carbocycles. The lowest BCUT2D eigenvalue weighted by Gasteiger charge is -2.32. The third-order valence-corrected chi connectivity index (χ3v) is 6.26. The van der Waals surface area contributed by atoms with Crippen molar-refractivity contribution in [2.75, 3.05) is 0 Å². The van der Waals surface area contributed by atoms with E-state index in [-0.39, 0.29) is 16.9 Å². The molecule has 0 amide bonds. The van der Waals surface area contributed by atoms with E-state index in [0.29, 0.717) is 5.56 Å². The standard InChI is InChI=1S/C22H26FNO/c23-19-10-4-9-18(16-19)20(25)22-14-12-21(24-22,13-15-22)11-5-8-17-6-2-1-3-7-17/h1-4,6-7,9-10,16,20,24-25H,5,8,11-15H2/t20-,21?,22?/m0/s1. The van der Waals surface area contributed by atoms with E-state index in [0.717, 1.165) is 44.9 Å². The molecule has 3 heteroatoms. The van der Waals surface area contributed by atoms with E-state index in [9.17, 15) is 9.50 Å². The summed E-state index contributed by atoms with van der Waals surface area (Å²) in [5, 5.41) is 14.7. The van der Waals surface area contributed by atoms with Crippen LogP contribution in [0.25, 0.3) is 0 Å². The van der Waals surface area contributed by atoms with Crippen LogP contribution < -0.4 is 5.32 Å². The number of aliphatic hydroxyl groups is 1. The molecule has 0 aliphatic carbocycles. The lowest BCUT2D eigenvalue weighted by molar-refractivity contribution is 0.0733. The second-order valence-corrected chi connectivity index (χ2v) is 7.86. The number of rotatable bonds is 6. The fraction of sp³-hybridized carbons (Fsp3) is 0.455. The average molecular weight is 339 g/mol. The van der Waals surface area contributed by atoms with Crippen LogP contribution in [-0.2, 0) is 6.42 Å². The number of hydrogen-bond acceptors (Lipinski definition) is 2. The molecule has 0 spiro atoms. The Balaban J connectivity index is 1.40. The van der Waals surface area contributed by atoms with Crippen molar-refractivity contribution in [3.8, 4) is 0 Å². The van der Waals surface area contributed by atoms with Gasteiger partial charge in [0.15, 0.2) is 0 Å². The van der Waals surface area contributed by atoms with Crippen LogP contribution in [0.15, 0.2) is 54.6 Å². The number of aliphatic hydroxyl groups excluding tert-OH is 1. The van der Waals surface area contributed by atoms with E-state index in [1.165, 1.54) is 17.7 Å². The summed E-state index contributed by atoms with van der Waals surface area (Å²) in [5.41, 5.74) is 1.96. The molecule has 0 saturated carbocycles. The molecule has 132 valence electrons. The lowest BCUT2D eigenvalue weighted by Crippen LogP contribution is -2.46. The summed E-state index contributed by atoms with van der Waals surface area (Å²) in [7, 11) is 0. The van der Waals surface area contributed by atoms with Gasteiger partial charge in [0.25, 0.3) is 0 Å².